The van der Waals surface area contributed by atoms with Crippen molar-refractivity contribution in [1.82, 2.24) is 14.5 Å². The summed E-state index contributed by atoms with van der Waals surface area (Å²) < 4.78 is 29.6. The maximum atomic E-state index is 14.2. The van der Waals surface area contributed by atoms with Gasteiger partial charge < -0.3 is 9.47 Å². The number of imidazole rings is 1. The molecule has 2 heterocycles. The zero-order chi connectivity index (χ0) is 15.1. The molecular weight excluding hydrogens is 296 g/mol. The first-order chi connectivity index (χ1) is 10.0. The number of aromatic nitrogens is 2. The van der Waals surface area contributed by atoms with E-state index in [0.717, 1.165) is 25.5 Å². The molecule has 1 aliphatic rings. The summed E-state index contributed by atoms with van der Waals surface area (Å²) in [7, 11) is 2.08. The summed E-state index contributed by atoms with van der Waals surface area (Å²) in [5, 5.41) is 0. The van der Waals surface area contributed by atoms with Crippen molar-refractivity contribution in [1.29, 1.82) is 0 Å². The van der Waals surface area contributed by atoms with Gasteiger partial charge in [0.1, 0.15) is 11.3 Å². The first-order valence-corrected chi connectivity index (χ1v) is 7.67. The standard InChI is InChI=1S/C15H18ClF2N3/c1-9-7-10(5-6-20(9)2)21-13(8-16)19-12-4-3-11(17)14(18)15(12)21/h3-4,9-10H,5-8H2,1-2H3. The van der Waals surface area contributed by atoms with Crippen LogP contribution in [0.25, 0.3) is 11.0 Å². The number of fused-ring (bicyclic) bond motifs is 1. The van der Waals surface area contributed by atoms with E-state index in [-0.39, 0.29) is 17.4 Å². The Morgan fingerprint density at radius 3 is 2.81 bits per heavy atom. The molecule has 2 unspecified atom stereocenters. The van der Waals surface area contributed by atoms with Crippen LogP contribution in [0.4, 0.5) is 8.78 Å². The summed E-state index contributed by atoms with van der Waals surface area (Å²) in [6, 6.07) is 3.12. The van der Waals surface area contributed by atoms with Crippen LogP contribution in [0.1, 0.15) is 31.6 Å². The smallest absolute Gasteiger partial charge is 0.184 e. The molecule has 0 bridgehead atoms. The van der Waals surface area contributed by atoms with E-state index in [0.29, 0.717) is 17.4 Å². The molecule has 1 aromatic heterocycles. The van der Waals surface area contributed by atoms with Gasteiger partial charge in [0.25, 0.3) is 0 Å². The summed E-state index contributed by atoms with van der Waals surface area (Å²) in [4.78, 5) is 6.63. The number of piperidine rings is 1. The molecule has 0 saturated carbocycles. The molecule has 1 aliphatic heterocycles. The van der Waals surface area contributed by atoms with Gasteiger partial charge in [0.05, 0.1) is 11.4 Å². The van der Waals surface area contributed by atoms with Crippen molar-refractivity contribution in [3.8, 4) is 0 Å². The monoisotopic (exact) mass is 313 g/mol. The lowest BCUT2D eigenvalue weighted by Crippen LogP contribution is -2.38. The van der Waals surface area contributed by atoms with E-state index in [1.165, 1.54) is 6.07 Å². The molecule has 0 amide bonds. The van der Waals surface area contributed by atoms with Crippen molar-refractivity contribution in [2.75, 3.05) is 13.6 Å². The van der Waals surface area contributed by atoms with Gasteiger partial charge in [-0.1, -0.05) is 0 Å². The molecule has 1 aromatic carbocycles. The number of hydrogen-bond donors (Lipinski definition) is 0. The minimum absolute atomic E-state index is 0.103. The van der Waals surface area contributed by atoms with Gasteiger partial charge in [-0.3, -0.25) is 0 Å². The summed E-state index contributed by atoms with van der Waals surface area (Å²) in [5.41, 5.74) is 0.712. The van der Waals surface area contributed by atoms with Crippen LogP contribution in [0.2, 0.25) is 0 Å². The van der Waals surface area contributed by atoms with Crippen LogP contribution in [-0.4, -0.2) is 34.1 Å². The van der Waals surface area contributed by atoms with Crippen molar-refractivity contribution in [2.24, 2.45) is 0 Å². The summed E-state index contributed by atoms with van der Waals surface area (Å²) in [6.45, 7) is 3.06. The molecule has 1 saturated heterocycles. The zero-order valence-corrected chi connectivity index (χ0v) is 12.9. The van der Waals surface area contributed by atoms with Gasteiger partial charge in [0, 0.05) is 18.6 Å². The quantitative estimate of drug-likeness (QED) is 0.788. The van der Waals surface area contributed by atoms with Gasteiger partial charge in [0.15, 0.2) is 11.6 Å². The van der Waals surface area contributed by atoms with E-state index < -0.39 is 11.6 Å². The second-order valence-electron chi connectivity index (χ2n) is 5.77. The molecule has 2 atom stereocenters. The van der Waals surface area contributed by atoms with E-state index in [1.54, 1.807) is 0 Å². The molecule has 3 nitrogen and oxygen atoms in total. The van der Waals surface area contributed by atoms with Crippen molar-refractivity contribution in [3.63, 3.8) is 0 Å². The third-order valence-electron chi connectivity index (χ3n) is 4.48. The normalized spacial score (nSPS) is 23.9. The molecule has 0 spiro atoms. The van der Waals surface area contributed by atoms with Crippen molar-refractivity contribution >= 4 is 22.6 Å². The van der Waals surface area contributed by atoms with Gasteiger partial charge in [-0.05, 0) is 38.9 Å². The summed E-state index contributed by atoms with van der Waals surface area (Å²) in [6.07, 6.45) is 1.76. The Balaban J connectivity index is 2.14. The lowest BCUT2D eigenvalue weighted by Gasteiger charge is -2.36. The Labute approximate surface area is 127 Å². The Bertz CT molecular complexity index is 670. The second kappa shape index (κ2) is 5.54. The van der Waals surface area contributed by atoms with E-state index in [1.807, 2.05) is 4.57 Å². The highest BCUT2D eigenvalue weighted by Gasteiger charge is 2.28. The predicted octanol–water partition coefficient (Wildman–Crippen LogP) is 3.71. The molecule has 0 radical (unpaired) electrons. The Morgan fingerprint density at radius 2 is 2.14 bits per heavy atom. The fraction of sp³-hybridized carbons (Fsp3) is 0.533. The topological polar surface area (TPSA) is 21.1 Å². The van der Waals surface area contributed by atoms with Gasteiger partial charge in [-0.15, -0.1) is 11.6 Å². The van der Waals surface area contributed by atoms with Crippen LogP contribution in [-0.2, 0) is 5.88 Å². The Hall–Kier alpha value is -1.20. The molecule has 0 aliphatic carbocycles. The lowest BCUT2D eigenvalue weighted by molar-refractivity contribution is 0.157. The first-order valence-electron chi connectivity index (χ1n) is 7.14. The van der Waals surface area contributed by atoms with Gasteiger partial charge >= 0.3 is 0 Å². The van der Waals surface area contributed by atoms with Gasteiger partial charge in [0.2, 0.25) is 0 Å². The summed E-state index contributed by atoms with van der Waals surface area (Å²) >= 11 is 5.97. The largest absolute Gasteiger partial charge is 0.321 e. The van der Waals surface area contributed by atoms with Crippen molar-refractivity contribution < 1.29 is 8.78 Å². The highest BCUT2D eigenvalue weighted by atomic mass is 35.5. The lowest BCUT2D eigenvalue weighted by atomic mass is 9.98. The van der Waals surface area contributed by atoms with Crippen LogP contribution < -0.4 is 0 Å². The van der Waals surface area contributed by atoms with E-state index in [2.05, 4.69) is 23.9 Å². The molecule has 2 aromatic rings. The number of nitrogens with zero attached hydrogens (tertiary/aromatic N) is 3. The minimum Gasteiger partial charge on any atom is -0.321 e. The number of hydrogen-bond acceptors (Lipinski definition) is 2. The molecule has 6 heteroatoms. The van der Waals surface area contributed by atoms with Crippen LogP contribution in [0, 0.1) is 11.6 Å². The highest BCUT2D eigenvalue weighted by molar-refractivity contribution is 6.16. The first kappa shape index (κ1) is 14.7. The fourth-order valence-electron chi connectivity index (χ4n) is 3.16. The van der Waals surface area contributed by atoms with Crippen LogP contribution in [0.5, 0.6) is 0 Å². The molecule has 114 valence electrons. The molecule has 0 N–H and O–H groups in total. The van der Waals surface area contributed by atoms with E-state index in [9.17, 15) is 8.78 Å². The number of rotatable bonds is 2. The zero-order valence-electron chi connectivity index (χ0n) is 12.1. The number of likely N-dealkylation sites (tertiary alicyclic amines) is 1. The van der Waals surface area contributed by atoms with Crippen LogP contribution >= 0.6 is 11.6 Å². The minimum atomic E-state index is -0.842. The SMILES string of the molecule is CC1CC(n2c(CCl)nc3ccc(F)c(F)c32)CCN1C. The molecule has 21 heavy (non-hydrogen) atoms. The Kier molecular flexibility index (Phi) is 3.88. The number of alkyl halides is 1. The maximum absolute atomic E-state index is 14.2. The summed E-state index contributed by atoms with van der Waals surface area (Å²) in [5.74, 6) is -0.872. The highest BCUT2D eigenvalue weighted by Crippen LogP contribution is 2.33. The van der Waals surface area contributed by atoms with E-state index >= 15 is 0 Å². The van der Waals surface area contributed by atoms with E-state index in [4.69, 9.17) is 11.6 Å². The Morgan fingerprint density at radius 1 is 1.38 bits per heavy atom. The molecular formula is C15H18ClF2N3. The number of benzene rings is 1. The molecule has 3 rings (SSSR count). The second-order valence-corrected chi connectivity index (χ2v) is 6.04. The average Bonchev–Trinajstić information content (AvgIpc) is 2.85. The van der Waals surface area contributed by atoms with Gasteiger partial charge in [-0.25, -0.2) is 13.8 Å². The van der Waals surface area contributed by atoms with Gasteiger partial charge in [-0.2, -0.15) is 0 Å². The average molecular weight is 314 g/mol. The van der Waals surface area contributed by atoms with Crippen LogP contribution in [0.3, 0.4) is 0 Å². The van der Waals surface area contributed by atoms with Crippen molar-refractivity contribution in [2.45, 2.75) is 37.7 Å². The predicted molar refractivity (Wildman–Crippen MR) is 79.6 cm³/mol. The molecule has 1 fully saturated rings. The fourth-order valence-corrected chi connectivity index (χ4v) is 3.35. The third-order valence-corrected chi connectivity index (χ3v) is 4.72. The third kappa shape index (κ3) is 2.42. The maximum Gasteiger partial charge on any atom is 0.184 e. The number of halogens is 3. The van der Waals surface area contributed by atoms with Crippen LogP contribution in [0.15, 0.2) is 12.1 Å². The van der Waals surface area contributed by atoms with Crippen molar-refractivity contribution in [3.05, 3.63) is 29.6 Å².